The van der Waals surface area contributed by atoms with Crippen molar-refractivity contribution in [3.05, 3.63) is 60.8 Å². The average molecular weight is 1020 g/mol. The van der Waals surface area contributed by atoms with Crippen LogP contribution in [0.25, 0.3) is 0 Å². The highest BCUT2D eigenvalue weighted by Crippen LogP contribution is 2.38. The molecule has 0 spiro atoms. The van der Waals surface area contributed by atoms with E-state index in [1.165, 1.54) is 135 Å². The third-order valence-electron chi connectivity index (χ3n) is 12.9. The first-order valence-corrected chi connectivity index (χ1v) is 31.1. The number of quaternary nitrogens is 1. The number of rotatable bonds is 53. The molecule has 0 aliphatic carbocycles. The summed E-state index contributed by atoms with van der Waals surface area (Å²) in [6, 6.07) is -0.901. The highest BCUT2D eigenvalue weighted by atomic mass is 31.2. The van der Waals surface area contributed by atoms with Crippen LogP contribution in [0, 0.1) is 0 Å². The number of nitrogens with zero attached hydrogens (tertiary/aromatic N) is 1. The Labute approximate surface area is 439 Å². The molecular weight excluding hydrogens is 904 g/mol. The minimum absolute atomic E-state index is 0.0287. The lowest BCUT2D eigenvalue weighted by molar-refractivity contribution is -0.870. The van der Waals surface area contributed by atoms with Gasteiger partial charge in [-0.3, -0.25) is 14.2 Å². The SMILES string of the molecule is CCCCC/C=C\C/C=C\C/C=C\CCCCCCC(=O)NC(COP(=O)([O-])OCC[N+](C)(C)C)C(/C=C/CCCCCCCCCCC)OC(=O)CCCCCCCCC/C=C/CCCCCCCC. The number of ether oxygens (including phenoxy) is 1. The fourth-order valence-corrected chi connectivity index (χ4v) is 9.01. The van der Waals surface area contributed by atoms with Crippen LogP contribution in [-0.2, 0) is 27.9 Å². The van der Waals surface area contributed by atoms with Gasteiger partial charge in [0.2, 0.25) is 5.91 Å². The second kappa shape index (κ2) is 51.2. The van der Waals surface area contributed by atoms with Crippen LogP contribution in [0.3, 0.4) is 0 Å². The first-order chi connectivity index (χ1) is 34.4. The predicted octanol–water partition coefficient (Wildman–Crippen LogP) is 17.3. The Kier molecular flexibility index (Phi) is 49.6. The van der Waals surface area contributed by atoms with E-state index in [9.17, 15) is 19.0 Å². The van der Waals surface area contributed by atoms with Gasteiger partial charge in [-0.25, -0.2) is 0 Å². The Morgan fingerprint density at radius 2 is 0.859 bits per heavy atom. The van der Waals surface area contributed by atoms with Crippen molar-refractivity contribution in [3.8, 4) is 0 Å². The number of nitrogens with one attached hydrogen (secondary N) is 1. The minimum atomic E-state index is -4.70. The number of phosphoric ester groups is 1. The lowest BCUT2D eigenvalue weighted by Crippen LogP contribution is -2.47. The molecule has 1 N–H and O–H groups in total. The van der Waals surface area contributed by atoms with Gasteiger partial charge in [0.15, 0.2) is 0 Å². The van der Waals surface area contributed by atoms with Crippen molar-refractivity contribution in [2.75, 3.05) is 40.9 Å². The fourth-order valence-electron chi connectivity index (χ4n) is 8.29. The van der Waals surface area contributed by atoms with Crippen molar-refractivity contribution in [2.45, 2.75) is 277 Å². The molecule has 10 heteroatoms. The molecule has 0 aromatic carbocycles. The van der Waals surface area contributed by atoms with Gasteiger partial charge in [-0.2, -0.15) is 0 Å². The molecule has 0 aromatic rings. The van der Waals surface area contributed by atoms with E-state index in [0.717, 1.165) is 89.9 Å². The minimum Gasteiger partial charge on any atom is -0.756 e. The average Bonchev–Trinajstić information content (AvgIpc) is 3.33. The molecule has 0 bridgehead atoms. The maximum absolute atomic E-state index is 13.5. The first kappa shape index (κ1) is 68.7. The van der Waals surface area contributed by atoms with Gasteiger partial charge in [0.25, 0.3) is 7.82 Å². The summed E-state index contributed by atoms with van der Waals surface area (Å²) >= 11 is 0. The number of carbonyl (C=O) groups excluding carboxylic acids is 2. The molecule has 0 saturated heterocycles. The Balaban J connectivity index is 5.33. The van der Waals surface area contributed by atoms with E-state index >= 15 is 0 Å². The molecule has 0 saturated carbocycles. The summed E-state index contributed by atoms with van der Waals surface area (Å²) in [6.07, 6.45) is 63.2. The molecule has 414 valence electrons. The standard InChI is InChI=1S/C61H113N2O7P/c1-7-10-13-16-19-22-25-27-29-31-33-35-38-41-44-47-50-53-60(64)62-58(57-69-71(66,67)68-56-55-63(4,5)6)59(52-49-46-43-40-37-24-21-18-15-12-9-3)70-61(65)54-51-48-45-42-39-36-34-32-30-28-26-23-20-17-14-11-8-2/h19,22,27-30,33,35,49,52,58-59H,7-18,20-21,23-26,31-32,34,36-48,50-51,53-57H2,1-6H3,(H-,62,64,66,67)/b22-19-,29-27-,30-28+,35-33-,52-49+. The number of hydrogen-bond acceptors (Lipinski definition) is 7. The van der Waals surface area contributed by atoms with E-state index in [1.54, 1.807) is 0 Å². The van der Waals surface area contributed by atoms with E-state index in [2.05, 4.69) is 74.7 Å². The predicted molar refractivity (Wildman–Crippen MR) is 302 cm³/mol. The second-order valence-corrected chi connectivity index (χ2v) is 22.6. The summed E-state index contributed by atoms with van der Waals surface area (Å²) in [5.74, 6) is -0.569. The van der Waals surface area contributed by atoms with Crippen molar-refractivity contribution in [3.63, 3.8) is 0 Å². The van der Waals surface area contributed by atoms with E-state index in [-0.39, 0.29) is 31.3 Å². The Morgan fingerprint density at radius 1 is 0.493 bits per heavy atom. The molecule has 0 heterocycles. The van der Waals surface area contributed by atoms with Gasteiger partial charge in [0.1, 0.15) is 19.3 Å². The van der Waals surface area contributed by atoms with E-state index in [4.69, 9.17) is 13.8 Å². The van der Waals surface area contributed by atoms with Gasteiger partial charge < -0.3 is 28.5 Å². The lowest BCUT2D eigenvalue weighted by atomic mass is 10.1. The molecule has 71 heavy (non-hydrogen) atoms. The molecule has 0 aliphatic heterocycles. The number of phosphoric acid groups is 1. The smallest absolute Gasteiger partial charge is 0.306 e. The number of amides is 1. The Bertz CT molecular complexity index is 1400. The molecule has 0 rings (SSSR count). The topological polar surface area (TPSA) is 114 Å². The number of allylic oxidation sites excluding steroid dienone is 9. The van der Waals surface area contributed by atoms with Crippen LogP contribution in [0.15, 0.2) is 60.8 Å². The number of unbranched alkanes of at least 4 members (excludes halogenated alkanes) is 29. The molecule has 0 aromatic heterocycles. The maximum Gasteiger partial charge on any atom is 0.306 e. The summed E-state index contributed by atoms with van der Waals surface area (Å²) in [7, 11) is 1.16. The Hall–Kier alpha value is -2.29. The first-order valence-electron chi connectivity index (χ1n) is 29.6. The summed E-state index contributed by atoms with van der Waals surface area (Å²) in [6.45, 7) is 6.79. The van der Waals surface area contributed by atoms with Crippen molar-refractivity contribution in [2.24, 2.45) is 0 Å². The Morgan fingerprint density at radius 3 is 1.32 bits per heavy atom. The van der Waals surface area contributed by atoms with Gasteiger partial charge in [-0.05, 0) is 96.0 Å². The van der Waals surface area contributed by atoms with Crippen LogP contribution in [0.4, 0.5) is 0 Å². The zero-order chi connectivity index (χ0) is 52.2. The molecular formula is C61H113N2O7P. The van der Waals surface area contributed by atoms with E-state index < -0.39 is 26.6 Å². The van der Waals surface area contributed by atoms with Gasteiger partial charge in [0.05, 0.1) is 33.8 Å². The summed E-state index contributed by atoms with van der Waals surface area (Å²) in [5, 5.41) is 3.01. The van der Waals surface area contributed by atoms with E-state index in [0.29, 0.717) is 17.4 Å². The highest BCUT2D eigenvalue weighted by Gasteiger charge is 2.27. The maximum atomic E-state index is 13.5. The van der Waals surface area contributed by atoms with Crippen LogP contribution < -0.4 is 10.2 Å². The van der Waals surface area contributed by atoms with Crippen LogP contribution in [0.5, 0.6) is 0 Å². The molecule has 3 atom stereocenters. The molecule has 1 amide bonds. The molecule has 0 aliphatic rings. The van der Waals surface area contributed by atoms with Crippen molar-refractivity contribution in [1.29, 1.82) is 0 Å². The third-order valence-corrected chi connectivity index (χ3v) is 13.9. The zero-order valence-corrected chi connectivity index (χ0v) is 48.1. The summed E-state index contributed by atoms with van der Waals surface area (Å²) < 4.78 is 30.2. The van der Waals surface area contributed by atoms with Crippen LogP contribution in [0.2, 0.25) is 0 Å². The molecule has 0 fully saturated rings. The van der Waals surface area contributed by atoms with Crippen molar-refractivity contribution >= 4 is 19.7 Å². The van der Waals surface area contributed by atoms with Crippen LogP contribution in [-0.4, -0.2) is 69.4 Å². The lowest BCUT2D eigenvalue weighted by Gasteiger charge is -2.30. The second-order valence-electron chi connectivity index (χ2n) is 21.1. The monoisotopic (exact) mass is 1020 g/mol. The van der Waals surface area contributed by atoms with E-state index in [1.807, 2.05) is 33.3 Å². The summed E-state index contributed by atoms with van der Waals surface area (Å²) in [4.78, 5) is 39.9. The number of esters is 1. The van der Waals surface area contributed by atoms with Crippen LogP contribution >= 0.6 is 7.82 Å². The van der Waals surface area contributed by atoms with Gasteiger partial charge in [0, 0.05) is 12.8 Å². The van der Waals surface area contributed by atoms with Gasteiger partial charge in [-0.15, -0.1) is 0 Å². The highest BCUT2D eigenvalue weighted by molar-refractivity contribution is 7.45. The summed E-state index contributed by atoms with van der Waals surface area (Å²) in [5.41, 5.74) is 0. The number of likely N-dealkylation sites (N-methyl/N-ethyl adjacent to an activating group) is 1. The molecule has 9 nitrogen and oxygen atoms in total. The van der Waals surface area contributed by atoms with Crippen molar-refractivity contribution < 1.29 is 37.3 Å². The fraction of sp³-hybridized carbons (Fsp3) is 0.803. The largest absolute Gasteiger partial charge is 0.756 e. The van der Waals surface area contributed by atoms with Gasteiger partial charge in [-0.1, -0.05) is 217 Å². The zero-order valence-electron chi connectivity index (χ0n) is 47.2. The third kappa shape index (κ3) is 52.4. The number of carbonyl (C=O) groups is 2. The molecule has 0 radical (unpaired) electrons. The van der Waals surface area contributed by atoms with Crippen LogP contribution in [0.1, 0.15) is 265 Å². The normalized spacial score (nSPS) is 14.2. The number of hydrogen-bond donors (Lipinski definition) is 1. The molecule has 3 unspecified atom stereocenters. The quantitative estimate of drug-likeness (QED) is 0.0212. The van der Waals surface area contributed by atoms with Gasteiger partial charge >= 0.3 is 5.97 Å². The van der Waals surface area contributed by atoms with Crippen molar-refractivity contribution in [1.82, 2.24) is 5.32 Å².